The highest BCUT2D eigenvalue weighted by Gasteiger charge is 2.34. The first-order valence-corrected chi connectivity index (χ1v) is 12.0. The van der Waals surface area contributed by atoms with Crippen LogP contribution in [0.25, 0.3) is 21.7 Å². The molecular weight excluding hydrogens is 432 g/mol. The van der Waals surface area contributed by atoms with Crippen molar-refractivity contribution in [2.75, 3.05) is 31.5 Å². The SMILES string of the molecule is CCN(CC)C1CN(C(=O)Nc2nc(-c3cccc(C#N)c3)c(-c3cc(C)nc(C)c3)s2)C1. The predicted octanol–water partition coefficient (Wildman–Crippen LogP) is 4.92. The highest BCUT2D eigenvalue weighted by Crippen LogP contribution is 2.40. The number of rotatable bonds is 6. The molecule has 0 saturated carbocycles. The maximum absolute atomic E-state index is 12.9. The number of nitrogens with zero attached hydrogens (tertiary/aromatic N) is 5. The summed E-state index contributed by atoms with van der Waals surface area (Å²) in [4.78, 5) is 27.3. The minimum Gasteiger partial charge on any atom is -0.321 e. The van der Waals surface area contributed by atoms with Gasteiger partial charge in [0.2, 0.25) is 0 Å². The summed E-state index contributed by atoms with van der Waals surface area (Å²) >= 11 is 1.44. The molecule has 1 aromatic carbocycles. The van der Waals surface area contributed by atoms with Gasteiger partial charge < -0.3 is 4.90 Å². The molecule has 0 aliphatic carbocycles. The molecule has 0 radical (unpaired) electrons. The number of hydrogen-bond acceptors (Lipinski definition) is 6. The molecule has 1 N–H and O–H groups in total. The van der Waals surface area contributed by atoms with Crippen LogP contribution in [0.4, 0.5) is 9.93 Å². The molecule has 1 fully saturated rings. The average molecular weight is 461 g/mol. The molecule has 1 aliphatic heterocycles. The number of nitriles is 1. The lowest BCUT2D eigenvalue weighted by molar-refractivity contribution is 0.0685. The van der Waals surface area contributed by atoms with Gasteiger partial charge in [-0.15, -0.1) is 0 Å². The molecule has 2 aromatic heterocycles. The zero-order valence-electron chi connectivity index (χ0n) is 19.4. The monoisotopic (exact) mass is 460 g/mol. The van der Waals surface area contributed by atoms with Gasteiger partial charge in [0.05, 0.1) is 22.2 Å². The van der Waals surface area contributed by atoms with Crippen molar-refractivity contribution in [3.05, 3.63) is 53.3 Å². The van der Waals surface area contributed by atoms with Crippen LogP contribution in [0.1, 0.15) is 30.8 Å². The Morgan fingerprint density at radius 2 is 1.85 bits per heavy atom. The van der Waals surface area contributed by atoms with Crippen LogP contribution in [-0.2, 0) is 0 Å². The molecule has 33 heavy (non-hydrogen) atoms. The number of likely N-dealkylation sites (tertiary alicyclic amines) is 1. The maximum atomic E-state index is 12.9. The molecule has 4 rings (SSSR count). The second kappa shape index (κ2) is 9.69. The van der Waals surface area contributed by atoms with Crippen molar-refractivity contribution in [1.82, 2.24) is 19.8 Å². The number of benzene rings is 1. The standard InChI is InChI=1S/C25H28N6OS/c1-5-30(6-2)21-14-31(15-21)25(32)29-24-28-22(19-9-7-8-18(12-19)13-26)23(33-24)20-10-16(3)27-17(4)11-20/h7-12,21H,5-6,14-15H2,1-4H3,(H,28,29,32). The van der Waals surface area contributed by atoms with Gasteiger partial charge in [-0.25, -0.2) is 9.78 Å². The van der Waals surface area contributed by atoms with Gasteiger partial charge in [0.15, 0.2) is 5.13 Å². The molecule has 170 valence electrons. The van der Waals surface area contributed by atoms with Crippen LogP contribution in [-0.4, -0.2) is 58.0 Å². The van der Waals surface area contributed by atoms with Crippen molar-refractivity contribution in [3.63, 3.8) is 0 Å². The fourth-order valence-electron chi connectivity index (χ4n) is 4.23. The number of carbonyl (C=O) groups excluding carboxylic acids is 1. The third-order valence-electron chi connectivity index (χ3n) is 5.93. The van der Waals surface area contributed by atoms with E-state index in [1.165, 1.54) is 11.3 Å². The van der Waals surface area contributed by atoms with Crippen LogP contribution in [0, 0.1) is 25.2 Å². The van der Waals surface area contributed by atoms with Gasteiger partial charge in [0, 0.05) is 36.1 Å². The van der Waals surface area contributed by atoms with E-state index in [-0.39, 0.29) is 6.03 Å². The summed E-state index contributed by atoms with van der Waals surface area (Å²) in [5.41, 5.74) is 5.01. The fraction of sp³-hybridized carbons (Fsp3) is 0.360. The number of aromatic nitrogens is 2. The highest BCUT2D eigenvalue weighted by atomic mass is 32.1. The Morgan fingerprint density at radius 3 is 2.48 bits per heavy atom. The first kappa shape index (κ1) is 22.9. The average Bonchev–Trinajstić information content (AvgIpc) is 3.19. The number of carbonyl (C=O) groups is 1. The first-order valence-electron chi connectivity index (χ1n) is 11.2. The zero-order valence-corrected chi connectivity index (χ0v) is 20.2. The lowest BCUT2D eigenvalue weighted by atomic mass is 10.0. The number of anilines is 1. The van der Waals surface area contributed by atoms with Crippen molar-refractivity contribution in [2.45, 2.75) is 33.7 Å². The molecule has 0 atom stereocenters. The third-order valence-corrected chi connectivity index (χ3v) is 6.95. The van der Waals surface area contributed by atoms with Gasteiger partial charge in [-0.2, -0.15) is 5.26 Å². The Bertz CT molecular complexity index is 1180. The van der Waals surface area contributed by atoms with Crippen molar-refractivity contribution in [1.29, 1.82) is 5.26 Å². The smallest absolute Gasteiger partial charge is 0.321 e. The van der Waals surface area contributed by atoms with E-state index in [0.717, 1.165) is 59.3 Å². The summed E-state index contributed by atoms with van der Waals surface area (Å²) in [5.74, 6) is 0. The van der Waals surface area contributed by atoms with E-state index < -0.39 is 0 Å². The van der Waals surface area contributed by atoms with Crippen LogP contribution in [0.5, 0.6) is 0 Å². The molecule has 1 aliphatic rings. The van der Waals surface area contributed by atoms with Crippen molar-refractivity contribution < 1.29 is 4.79 Å². The van der Waals surface area contributed by atoms with Gasteiger partial charge in [-0.3, -0.25) is 15.2 Å². The lowest BCUT2D eigenvalue weighted by Gasteiger charge is -2.44. The van der Waals surface area contributed by atoms with Crippen molar-refractivity contribution in [2.24, 2.45) is 0 Å². The largest absolute Gasteiger partial charge is 0.323 e. The van der Waals surface area contributed by atoms with E-state index in [1.807, 2.05) is 49.1 Å². The molecule has 3 heterocycles. The number of pyridine rings is 1. The van der Waals surface area contributed by atoms with E-state index in [4.69, 9.17) is 4.98 Å². The Labute approximate surface area is 198 Å². The highest BCUT2D eigenvalue weighted by molar-refractivity contribution is 7.19. The van der Waals surface area contributed by atoms with Crippen LogP contribution in [0.15, 0.2) is 36.4 Å². The van der Waals surface area contributed by atoms with E-state index >= 15 is 0 Å². The van der Waals surface area contributed by atoms with E-state index in [0.29, 0.717) is 16.7 Å². The molecule has 7 nitrogen and oxygen atoms in total. The molecule has 3 aromatic rings. The Balaban J connectivity index is 1.63. The minimum absolute atomic E-state index is 0.127. The molecule has 2 amide bonds. The van der Waals surface area contributed by atoms with Crippen LogP contribution < -0.4 is 5.32 Å². The summed E-state index contributed by atoms with van der Waals surface area (Å²) in [6.45, 7) is 11.7. The number of urea groups is 1. The molecule has 1 saturated heterocycles. The molecule has 8 heteroatoms. The molecule has 0 bridgehead atoms. The predicted molar refractivity (Wildman–Crippen MR) is 132 cm³/mol. The number of hydrogen-bond donors (Lipinski definition) is 1. The Kier molecular flexibility index (Phi) is 6.72. The van der Waals surface area contributed by atoms with E-state index in [2.05, 4.69) is 35.1 Å². The number of nitrogens with one attached hydrogen (secondary N) is 1. The molecule has 0 unspecified atom stereocenters. The number of amides is 2. The second-order valence-electron chi connectivity index (χ2n) is 8.24. The molecule has 0 spiro atoms. The van der Waals surface area contributed by atoms with E-state index in [9.17, 15) is 10.1 Å². The third kappa shape index (κ3) is 4.90. The molecular formula is C25H28N6OS. The summed E-state index contributed by atoms with van der Waals surface area (Å²) in [6.07, 6.45) is 0. The van der Waals surface area contributed by atoms with Crippen molar-refractivity contribution in [3.8, 4) is 27.8 Å². The van der Waals surface area contributed by atoms with Crippen molar-refractivity contribution >= 4 is 22.5 Å². The number of likely N-dealkylation sites (N-methyl/N-ethyl adjacent to an activating group) is 1. The first-order chi connectivity index (χ1) is 15.9. The van der Waals surface area contributed by atoms with Gasteiger partial charge in [-0.1, -0.05) is 37.3 Å². The quantitative estimate of drug-likeness (QED) is 0.564. The Morgan fingerprint density at radius 1 is 1.15 bits per heavy atom. The summed E-state index contributed by atoms with van der Waals surface area (Å²) in [5, 5.41) is 12.9. The van der Waals surface area contributed by atoms with E-state index in [1.54, 1.807) is 6.07 Å². The minimum atomic E-state index is -0.127. The summed E-state index contributed by atoms with van der Waals surface area (Å²) in [6, 6.07) is 13.9. The van der Waals surface area contributed by atoms with Crippen LogP contribution in [0.3, 0.4) is 0 Å². The van der Waals surface area contributed by atoms with Gasteiger partial charge in [0.25, 0.3) is 0 Å². The topological polar surface area (TPSA) is 85.1 Å². The lowest BCUT2D eigenvalue weighted by Crippen LogP contribution is -2.61. The van der Waals surface area contributed by atoms with Gasteiger partial charge >= 0.3 is 6.03 Å². The zero-order chi connectivity index (χ0) is 23.5. The summed E-state index contributed by atoms with van der Waals surface area (Å²) in [7, 11) is 0. The Hall–Kier alpha value is -3.28. The number of thiazole rings is 1. The normalized spacial score (nSPS) is 13.6. The van der Waals surface area contributed by atoms with Crippen LogP contribution >= 0.6 is 11.3 Å². The maximum Gasteiger partial charge on any atom is 0.323 e. The van der Waals surface area contributed by atoms with Gasteiger partial charge in [0.1, 0.15) is 0 Å². The number of aryl methyl sites for hydroxylation is 2. The van der Waals surface area contributed by atoms with Crippen LogP contribution in [0.2, 0.25) is 0 Å². The fourth-order valence-corrected chi connectivity index (χ4v) is 5.19. The van der Waals surface area contributed by atoms with Gasteiger partial charge in [-0.05, 0) is 56.8 Å². The summed E-state index contributed by atoms with van der Waals surface area (Å²) < 4.78 is 0. The second-order valence-corrected chi connectivity index (χ2v) is 9.24.